The Hall–Kier alpha value is -1.66. The number of ether oxygens (including phenoxy) is 2. The Morgan fingerprint density at radius 3 is 2.63 bits per heavy atom. The van der Waals surface area contributed by atoms with Gasteiger partial charge in [0.1, 0.15) is 22.4 Å². The summed E-state index contributed by atoms with van der Waals surface area (Å²) in [5.41, 5.74) is 6.85. The zero-order valence-corrected chi connectivity index (χ0v) is 12.1. The summed E-state index contributed by atoms with van der Waals surface area (Å²) in [6.07, 6.45) is 2.24. The van der Waals surface area contributed by atoms with Crippen molar-refractivity contribution in [3.8, 4) is 11.6 Å². The van der Waals surface area contributed by atoms with Crippen LogP contribution in [0.2, 0.25) is 0 Å². The van der Waals surface area contributed by atoms with Crippen LogP contribution in [0.4, 0.5) is 5.82 Å². The summed E-state index contributed by atoms with van der Waals surface area (Å²) in [4.78, 5) is 7.88. The highest BCUT2D eigenvalue weighted by atomic mass is 79.9. The molecule has 0 bridgehead atoms. The maximum absolute atomic E-state index is 5.66. The van der Waals surface area contributed by atoms with Crippen molar-refractivity contribution in [2.45, 2.75) is 6.42 Å². The molecule has 5 nitrogen and oxygen atoms in total. The molecule has 0 fully saturated rings. The molecule has 6 heteroatoms. The van der Waals surface area contributed by atoms with E-state index in [0.717, 1.165) is 6.42 Å². The van der Waals surface area contributed by atoms with E-state index in [0.29, 0.717) is 28.5 Å². The van der Waals surface area contributed by atoms with Crippen molar-refractivity contribution in [1.29, 1.82) is 0 Å². The number of nitrogens with zero attached hydrogens (tertiary/aromatic N) is 2. The molecule has 0 atom stereocenters. The van der Waals surface area contributed by atoms with Crippen LogP contribution in [0.1, 0.15) is 5.56 Å². The second-order valence-electron chi connectivity index (χ2n) is 3.87. The molecule has 0 saturated carbocycles. The van der Waals surface area contributed by atoms with Gasteiger partial charge in [-0.25, -0.2) is 9.97 Å². The van der Waals surface area contributed by atoms with Gasteiger partial charge < -0.3 is 15.2 Å². The van der Waals surface area contributed by atoms with Crippen molar-refractivity contribution in [1.82, 2.24) is 9.97 Å². The second kappa shape index (κ2) is 6.49. The van der Waals surface area contributed by atoms with Gasteiger partial charge in [0.2, 0.25) is 5.88 Å². The standard InChI is InChI=1S/C13H14BrN3O2/c1-18-7-6-9-2-4-10(5-3-9)19-13-11(14)12(15)16-8-17-13/h2-5,8H,6-7H2,1H3,(H2,15,16,17). The predicted molar refractivity (Wildman–Crippen MR) is 76.2 cm³/mol. The maximum Gasteiger partial charge on any atom is 0.238 e. The summed E-state index contributed by atoms with van der Waals surface area (Å²) in [5.74, 6) is 1.44. The molecule has 19 heavy (non-hydrogen) atoms. The Labute approximate surface area is 119 Å². The highest BCUT2D eigenvalue weighted by Gasteiger charge is 2.08. The number of benzene rings is 1. The summed E-state index contributed by atoms with van der Waals surface area (Å²) < 4.78 is 11.2. The van der Waals surface area contributed by atoms with Crippen LogP contribution >= 0.6 is 15.9 Å². The van der Waals surface area contributed by atoms with Gasteiger partial charge in [-0.1, -0.05) is 12.1 Å². The van der Waals surface area contributed by atoms with Gasteiger partial charge in [0.05, 0.1) is 6.61 Å². The number of halogens is 1. The van der Waals surface area contributed by atoms with Gasteiger partial charge in [-0.05, 0) is 40.0 Å². The Morgan fingerprint density at radius 1 is 1.21 bits per heavy atom. The van der Waals surface area contributed by atoms with Crippen LogP contribution in [0.15, 0.2) is 35.1 Å². The molecule has 0 unspecified atom stereocenters. The number of methoxy groups -OCH3 is 1. The molecule has 0 aliphatic carbocycles. The van der Waals surface area contributed by atoms with E-state index in [4.69, 9.17) is 15.2 Å². The number of anilines is 1. The molecule has 2 aromatic rings. The number of nitrogen functional groups attached to an aromatic ring is 1. The fraction of sp³-hybridized carbons (Fsp3) is 0.231. The molecule has 0 aliphatic rings. The van der Waals surface area contributed by atoms with Gasteiger partial charge in [0.15, 0.2) is 0 Å². The average Bonchev–Trinajstić information content (AvgIpc) is 2.43. The van der Waals surface area contributed by atoms with Crippen LogP contribution in [0, 0.1) is 0 Å². The van der Waals surface area contributed by atoms with Crippen LogP contribution in [0.3, 0.4) is 0 Å². The third kappa shape index (κ3) is 3.65. The van der Waals surface area contributed by atoms with Crippen molar-refractivity contribution in [2.24, 2.45) is 0 Å². The van der Waals surface area contributed by atoms with Gasteiger partial charge in [-0.2, -0.15) is 0 Å². The minimum atomic E-state index is 0.349. The van der Waals surface area contributed by atoms with E-state index in [1.807, 2.05) is 24.3 Å². The zero-order chi connectivity index (χ0) is 13.7. The highest BCUT2D eigenvalue weighted by Crippen LogP contribution is 2.30. The largest absolute Gasteiger partial charge is 0.438 e. The minimum absolute atomic E-state index is 0.349. The summed E-state index contributed by atoms with van der Waals surface area (Å²) in [7, 11) is 1.69. The topological polar surface area (TPSA) is 70.3 Å². The quantitative estimate of drug-likeness (QED) is 0.916. The van der Waals surface area contributed by atoms with Crippen LogP contribution in [0.5, 0.6) is 11.6 Å². The zero-order valence-electron chi connectivity index (χ0n) is 10.5. The van der Waals surface area contributed by atoms with E-state index >= 15 is 0 Å². The van der Waals surface area contributed by atoms with Gasteiger partial charge >= 0.3 is 0 Å². The lowest BCUT2D eigenvalue weighted by molar-refractivity contribution is 0.202. The fourth-order valence-electron chi connectivity index (χ4n) is 1.49. The van der Waals surface area contributed by atoms with Crippen LogP contribution in [0.25, 0.3) is 0 Å². The van der Waals surface area contributed by atoms with Crippen molar-refractivity contribution >= 4 is 21.7 Å². The number of aromatic nitrogens is 2. The van der Waals surface area contributed by atoms with E-state index in [1.165, 1.54) is 11.9 Å². The number of rotatable bonds is 5. The van der Waals surface area contributed by atoms with E-state index in [9.17, 15) is 0 Å². The highest BCUT2D eigenvalue weighted by molar-refractivity contribution is 9.10. The first-order chi connectivity index (χ1) is 9.20. The Balaban J connectivity index is 2.09. The predicted octanol–water partition coefficient (Wildman–Crippen LogP) is 2.80. The first-order valence-corrected chi connectivity index (χ1v) is 6.51. The molecule has 0 spiro atoms. The van der Waals surface area contributed by atoms with Crippen molar-refractivity contribution in [3.05, 3.63) is 40.6 Å². The molecule has 2 rings (SSSR count). The number of hydrogen-bond donors (Lipinski definition) is 1. The molecular weight excluding hydrogens is 310 g/mol. The van der Waals surface area contributed by atoms with Crippen molar-refractivity contribution < 1.29 is 9.47 Å². The van der Waals surface area contributed by atoms with Gasteiger partial charge in [0.25, 0.3) is 0 Å². The van der Waals surface area contributed by atoms with Gasteiger partial charge in [-0.3, -0.25) is 0 Å². The van der Waals surface area contributed by atoms with Crippen molar-refractivity contribution in [3.63, 3.8) is 0 Å². The van der Waals surface area contributed by atoms with Crippen LogP contribution in [-0.4, -0.2) is 23.7 Å². The lowest BCUT2D eigenvalue weighted by Gasteiger charge is -2.08. The molecule has 1 aromatic heterocycles. The normalized spacial score (nSPS) is 10.4. The SMILES string of the molecule is COCCc1ccc(Oc2ncnc(N)c2Br)cc1. The lowest BCUT2D eigenvalue weighted by Crippen LogP contribution is -1.97. The second-order valence-corrected chi connectivity index (χ2v) is 4.66. The smallest absolute Gasteiger partial charge is 0.238 e. The molecule has 1 heterocycles. The molecular formula is C13H14BrN3O2. The third-order valence-electron chi connectivity index (χ3n) is 2.52. The van der Waals surface area contributed by atoms with Crippen LogP contribution < -0.4 is 10.5 Å². The molecule has 2 N–H and O–H groups in total. The molecule has 100 valence electrons. The Morgan fingerprint density at radius 2 is 1.95 bits per heavy atom. The Kier molecular flexibility index (Phi) is 4.70. The molecule has 0 amide bonds. The summed E-state index contributed by atoms with van der Waals surface area (Å²) in [6.45, 7) is 0.703. The van der Waals surface area contributed by atoms with E-state index in [1.54, 1.807) is 7.11 Å². The van der Waals surface area contributed by atoms with Gasteiger partial charge in [0, 0.05) is 7.11 Å². The van der Waals surface area contributed by atoms with E-state index in [2.05, 4.69) is 25.9 Å². The Bertz CT molecular complexity index is 546. The fourth-order valence-corrected chi connectivity index (χ4v) is 1.78. The molecule has 0 saturated heterocycles. The summed E-state index contributed by atoms with van der Waals surface area (Å²) in [5, 5.41) is 0. The molecule has 1 aromatic carbocycles. The average molecular weight is 324 g/mol. The third-order valence-corrected chi connectivity index (χ3v) is 3.26. The summed E-state index contributed by atoms with van der Waals surface area (Å²) in [6, 6.07) is 7.76. The van der Waals surface area contributed by atoms with E-state index < -0.39 is 0 Å². The maximum atomic E-state index is 5.66. The first kappa shape index (κ1) is 13.8. The molecule has 0 aliphatic heterocycles. The molecule has 0 radical (unpaired) electrons. The minimum Gasteiger partial charge on any atom is -0.438 e. The van der Waals surface area contributed by atoms with Crippen LogP contribution in [-0.2, 0) is 11.2 Å². The van der Waals surface area contributed by atoms with Gasteiger partial charge in [-0.15, -0.1) is 0 Å². The first-order valence-electron chi connectivity index (χ1n) is 5.72. The van der Waals surface area contributed by atoms with Crippen molar-refractivity contribution in [2.75, 3.05) is 19.5 Å². The number of nitrogens with two attached hydrogens (primary N) is 1. The van der Waals surface area contributed by atoms with E-state index in [-0.39, 0.29) is 0 Å². The summed E-state index contributed by atoms with van der Waals surface area (Å²) >= 11 is 3.29. The lowest BCUT2D eigenvalue weighted by atomic mass is 10.1. The number of hydrogen-bond acceptors (Lipinski definition) is 5. The monoisotopic (exact) mass is 323 g/mol.